The highest BCUT2D eigenvalue weighted by atomic mass is 16.5. The van der Waals surface area contributed by atoms with Crippen molar-refractivity contribution >= 4 is 5.91 Å². The van der Waals surface area contributed by atoms with Crippen LogP contribution in [-0.4, -0.2) is 49.0 Å². The van der Waals surface area contributed by atoms with Gasteiger partial charge in [0.15, 0.2) is 0 Å². The summed E-state index contributed by atoms with van der Waals surface area (Å²) in [6, 6.07) is 10.2. The topological polar surface area (TPSA) is 45.9 Å². The maximum atomic E-state index is 12.3. The molecule has 1 aliphatic heterocycles. The summed E-state index contributed by atoms with van der Waals surface area (Å²) < 4.78 is 10.3. The van der Waals surface area contributed by atoms with Crippen LogP contribution in [0.4, 0.5) is 0 Å². The summed E-state index contributed by atoms with van der Waals surface area (Å²) in [5.41, 5.74) is 1.86. The van der Waals surface area contributed by atoms with Crippen LogP contribution in [0.15, 0.2) is 47.3 Å². The molecule has 1 atom stereocenters. The second-order valence-corrected chi connectivity index (χ2v) is 5.79. The van der Waals surface area contributed by atoms with E-state index in [9.17, 15) is 4.79 Å². The van der Waals surface area contributed by atoms with E-state index in [4.69, 9.17) is 9.15 Å². The van der Waals surface area contributed by atoms with Gasteiger partial charge >= 0.3 is 0 Å². The Balaban J connectivity index is 1.61. The molecule has 0 radical (unpaired) electrons. The fourth-order valence-corrected chi connectivity index (χ4v) is 2.99. The summed E-state index contributed by atoms with van der Waals surface area (Å²) in [4.78, 5) is 16.6. The first kappa shape index (κ1) is 15.6. The van der Waals surface area contributed by atoms with Crippen LogP contribution in [0, 0.1) is 0 Å². The normalized spacial score (nSPS) is 17.0. The standard InChI is InChI=1S/C18H22N2O3/c1-14(15-4-3-5-17(12-15)22-2)19-7-9-20(10-8-19)18(21)16-6-11-23-13-16/h3-6,11-14H,7-10H2,1-2H3/t14-/m0/s1. The monoisotopic (exact) mass is 314 g/mol. The van der Waals surface area contributed by atoms with Gasteiger partial charge in [-0.05, 0) is 30.7 Å². The molecule has 2 aromatic rings. The number of ether oxygens (including phenoxy) is 1. The lowest BCUT2D eigenvalue weighted by atomic mass is 10.1. The summed E-state index contributed by atoms with van der Waals surface area (Å²) in [5.74, 6) is 0.926. The molecule has 1 saturated heterocycles. The Hall–Kier alpha value is -2.27. The minimum absolute atomic E-state index is 0.0485. The minimum atomic E-state index is 0.0485. The Kier molecular flexibility index (Phi) is 4.67. The Morgan fingerprint density at radius 2 is 2.00 bits per heavy atom. The highest BCUT2D eigenvalue weighted by Crippen LogP contribution is 2.25. The van der Waals surface area contributed by atoms with Crippen molar-refractivity contribution in [2.45, 2.75) is 13.0 Å². The van der Waals surface area contributed by atoms with Gasteiger partial charge in [0.1, 0.15) is 12.0 Å². The second kappa shape index (κ2) is 6.87. The number of methoxy groups -OCH3 is 1. The molecule has 0 N–H and O–H groups in total. The van der Waals surface area contributed by atoms with Crippen molar-refractivity contribution in [3.8, 4) is 5.75 Å². The number of hydrogen-bond donors (Lipinski definition) is 0. The van der Waals surface area contributed by atoms with E-state index in [1.165, 1.54) is 18.1 Å². The third kappa shape index (κ3) is 3.40. The number of furan rings is 1. The molecule has 5 nitrogen and oxygen atoms in total. The van der Waals surface area contributed by atoms with Gasteiger partial charge in [-0.2, -0.15) is 0 Å². The Morgan fingerprint density at radius 1 is 1.22 bits per heavy atom. The van der Waals surface area contributed by atoms with Gasteiger partial charge < -0.3 is 14.1 Å². The van der Waals surface area contributed by atoms with Crippen LogP contribution in [-0.2, 0) is 0 Å². The molecule has 0 unspecified atom stereocenters. The van der Waals surface area contributed by atoms with Crippen LogP contribution in [0.5, 0.6) is 5.75 Å². The van der Waals surface area contributed by atoms with Gasteiger partial charge in [0.2, 0.25) is 0 Å². The first-order chi connectivity index (χ1) is 11.2. The maximum Gasteiger partial charge on any atom is 0.257 e. The summed E-state index contributed by atoms with van der Waals surface area (Å²) in [7, 11) is 1.68. The average molecular weight is 314 g/mol. The average Bonchev–Trinajstić information content (AvgIpc) is 3.15. The molecule has 122 valence electrons. The van der Waals surface area contributed by atoms with Crippen molar-refractivity contribution in [3.63, 3.8) is 0 Å². The van der Waals surface area contributed by atoms with Crippen molar-refractivity contribution in [1.82, 2.24) is 9.80 Å². The minimum Gasteiger partial charge on any atom is -0.497 e. The second-order valence-electron chi connectivity index (χ2n) is 5.79. The Labute approximate surface area is 136 Å². The molecule has 1 amide bonds. The van der Waals surface area contributed by atoms with Crippen LogP contribution in [0.25, 0.3) is 0 Å². The van der Waals surface area contributed by atoms with Crippen LogP contribution in [0.3, 0.4) is 0 Å². The van der Waals surface area contributed by atoms with Gasteiger partial charge in [-0.3, -0.25) is 9.69 Å². The number of carbonyl (C=O) groups is 1. The molecule has 2 heterocycles. The van der Waals surface area contributed by atoms with Crippen molar-refractivity contribution in [3.05, 3.63) is 54.0 Å². The van der Waals surface area contributed by atoms with Crippen LogP contribution in [0.1, 0.15) is 28.9 Å². The molecular weight excluding hydrogens is 292 g/mol. The molecule has 0 bridgehead atoms. The van der Waals surface area contributed by atoms with E-state index >= 15 is 0 Å². The van der Waals surface area contributed by atoms with E-state index in [1.807, 2.05) is 17.0 Å². The van der Waals surface area contributed by atoms with Crippen molar-refractivity contribution in [1.29, 1.82) is 0 Å². The zero-order valence-electron chi connectivity index (χ0n) is 13.6. The zero-order valence-corrected chi connectivity index (χ0v) is 13.6. The molecule has 0 saturated carbocycles. The van der Waals surface area contributed by atoms with Gasteiger partial charge in [-0.1, -0.05) is 12.1 Å². The molecule has 0 spiro atoms. The van der Waals surface area contributed by atoms with Gasteiger partial charge in [-0.25, -0.2) is 0 Å². The summed E-state index contributed by atoms with van der Waals surface area (Å²) >= 11 is 0. The van der Waals surface area contributed by atoms with Crippen molar-refractivity contribution in [2.24, 2.45) is 0 Å². The highest BCUT2D eigenvalue weighted by Gasteiger charge is 2.25. The third-order valence-electron chi connectivity index (χ3n) is 4.49. The zero-order chi connectivity index (χ0) is 16.2. The molecule has 1 fully saturated rings. The quantitative estimate of drug-likeness (QED) is 0.870. The summed E-state index contributed by atoms with van der Waals surface area (Å²) in [6.45, 7) is 5.39. The Morgan fingerprint density at radius 3 is 2.65 bits per heavy atom. The Bertz CT molecular complexity index is 646. The molecule has 3 rings (SSSR count). The number of hydrogen-bond acceptors (Lipinski definition) is 4. The van der Waals surface area contributed by atoms with Crippen LogP contribution < -0.4 is 4.74 Å². The SMILES string of the molecule is COc1cccc([C@H](C)N2CCN(C(=O)c3ccoc3)CC2)c1. The van der Waals surface area contributed by atoms with Crippen molar-refractivity contribution in [2.75, 3.05) is 33.3 Å². The molecule has 23 heavy (non-hydrogen) atoms. The fraction of sp³-hybridized carbons (Fsp3) is 0.389. The summed E-state index contributed by atoms with van der Waals surface area (Å²) in [5, 5.41) is 0. The molecule has 1 aromatic carbocycles. The van der Waals surface area contributed by atoms with E-state index in [1.54, 1.807) is 13.2 Å². The van der Waals surface area contributed by atoms with Crippen LogP contribution >= 0.6 is 0 Å². The number of benzene rings is 1. The predicted molar refractivity (Wildman–Crippen MR) is 87.6 cm³/mol. The van der Waals surface area contributed by atoms with Crippen LogP contribution in [0.2, 0.25) is 0 Å². The highest BCUT2D eigenvalue weighted by molar-refractivity contribution is 5.93. The van der Waals surface area contributed by atoms with E-state index in [2.05, 4.69) is 24.0 Å². The lowest BCUT2D eigenvalue weighted by Crippen LogP contribution is -2.49. The number of rotatable bonds is 4. The molecular formula is C18H22N2O3. The van der Waals surface area contributed by atoms with Gasteiger partial charge in [0.05, 0.1) is 18.9 Å². The van der Waals surface area contributed by atoms with Gasteiger partial charge in [0.25, 0.3) is 5.91 Å². The lowest BCUT2D eigenvalue weighted by molar-refractivity contribution is 0.0581. The first-order valence-electron chi connectivity index (χ1n) is 7.88. The largest absolute Gasteiger partial charge is 0.497 e. The van der Waals surface area contributed by atoms with E-state index < -0.39 is 0 Å². The number of nitrogens with zero attached hydrogens (tertiary/aromatic N) is 2. The van der Waals surface area contributed by atoms with Gasteiger partial charge in [-0.15, -0.1) is 0 Å². The predicted octanol–water partition coefficient (Wildman–Crippen LogP) is 2.81. The molecule has 1 aromatic heterocycles. The smallest absolute Gasteiger partial charge is 0.257 e. The summed E-state index contributed by atoms with van der Waals surface area (Å²) in [6.07, 6.45) is 3.04. The number of carbonyl (C=O) groups excluding carboxylic acids is 1. The van der Waals surface area contributed by atoms with Crippen molar-refractivity contribution < 1.29 is 13.9 Å². The number of amides is 1. The molecule has 0 aliphatic carbocycles. The lowest BCUT2D eigenvalue weighted by Gasteiger charge is -2.38. The van der Waals surface area contributed by atoms with E-state index in [0.717, 1.165) is 31.9 Å². The fourth-order valence-electron chi connectivity index (χ4n) is 2.99. The number of piperazine rings is 1. The molecule has 1 aliphatic rings. The third-order valence-corrected chi connectivity index (χ3v) is 4.49. The first-order valence-corrected chi connectivity index (χ1v) is 7.88. The maximum absolute atomic E-state index is 12.3. The van der Waals surface area contributed by atoms with E-state index in [-0.39, 0.29) is 5.91 Å². The van der Waals surface area contributed by atoms with Gasteiger partial charge in [0, 0.05) is 32.2 Å². The van der Waals surface area contributed by atoms with E-state index in [0.29, 0.717) is 11.6 Å². The molecule has 5 heteroatoms.